The highest BCUT2D eigenvalue weighted by Crippen LogP contribution is 2.25. The van der Waals surface area contributed by atoms with Gasteiger partial charge in [0.25, 0.3) is 5.91 Å². The highest BCUT2D eigenvalue weighted by atomic mass is 16.5. The number of amides is 1. The van der Waals surface area contributed by atoms with Gasteiger partial charge >= 0.3 is 0 Å². The molecule has 4 rings (SSSR count). The van der Waals surface area contributed by atoms with Crippen LogP contribution in [-0.2, 0) is 0 Å². The van der Waals surface area contributed by atoms with Crippen molar-refractivity contribution >= 4 is 22.4 Å². The van der Waals surface area contributed by atoms with Crippen LogP contribution in [0.2, 0.25) is 0 Å². The molecule has 0 radical (unpaired) electrons. The molecule has 0 atom stereocenters. The van der Waals surface area contributed by atoms with Crippen molar-refractivity contribution in [2.24, 2.45) is 0 Å². The van der Waals surface area contributed by atoms with E-state index in [1.165, 1.54) is 0 Å². The molecule has 26 heavy (non-hydrogen) atoms. The second-order valence-electron chi connectivity index (χ2n) is 5.92. The summed E-state index contributed by atoms with van der Waals surface area (Å²) in [5, 5.41) is 5.10. The van der Waals surface area contributed by atoms with E-state index in [2.05, 4.69) is 5.32 Å². The van der Waals surface area contributed by atoms with E-state index < -0.39 is 0 Å². The average molecular weight is 339 g/mol. The van der Waals surface area contributed by atoms with Crippen molar-refractivity contribution in [3.8, 4) is 11.5 Å². The minimum atomic E-state index is -0.167. The van der Waals surface area contributed by atoms with Gasteiger partial charge in [0.15, 0.2) is 0 Å². The Morgan fingerprint density at radius 3 is 2.27 bits per heavy atom. The molecule has 0 aliphatic carbocycles. The largest absolute Gasteiger partial charge is 0.457 e. The molecule has 0 aromatic heterocycles. The predicted octanol–water partition coefficient (Wildman–Crippen LogP) is 5.88. The maximum atomic E-state index is 12.7. The number of benzene rings is 4. The SMILES string of the molecule is O=C(Nc1cccc2ccccc12)c1cccc(Oc2ccccc2)c1. The predicted molar refractivity (Wildman–Crippen MR) is 105 cm³/mol. The van der Waals surface area contributed by atoms with E-state index in [0.717, 1.165) is 22.2 Å². The first-order valence-electron chi connectivity index (χ1n) is 8.42. The van der Waals surface area contributed by atoms with E-state index in [1.54, 1.807) is 12.1 Å². The van der Waals surface area contributed by atoms with E-state index in [-0.39, 0.29) is 5.91 Å². The zero-order valence-corrected chi connectivity index (χ0v) is 14.1. The summed E-state index contributed by atoms with van der Waals surface area (Å²) in [6, 6.07) is 30.5. The lowest BCUT2D eigenvalue weighted by Crippen LogP contribution is -2.12. The van der Waals surface area contributed by atoms with Gasteiger partial charge in [-0.1, -0.05) is 60.7 Å². The van der Waals surface area contributed by atoms with E-state index in [4.69, 9.17) is 4.74 Å². The fourth-order valence-corrected chi connectivity index (χ4v) is 2.85. The molecule has 0 spiro atoms. The zero-order chi connectivity index (χ0) is 17.8. The van der Waals surface area contributed by atoms with E-state index in [0.29, 0.717) is 11.3 Å². The quantitative estimate of drug-likeness (QED) is 0.504. The first-order chi connectivity index (χ1) is 12.8. The summed E-state index contributed by atoms with van der Waals surface area (Å²) >= 11 is 0. The summed E-state index contributed by atoms with van der Waals surface area (Å²) in [5.74, 6) is 1.20. The summed E-state index contributed by atoms with van der Waals surface area (Å²) in [6.45, 7) is 0. The Balaban J connectivity index is 1.57. The van der Waals surface area contributed by atoms with E-state index in [9.17, 15) is 4.79 Å². The lowest BCUT2D eigenvalue weighted by Gasteiger charge is -2.10. The van der Waals surface area contributed by atoms with Crippen molar-refractivity contribution in [2.45, 2.75) is 0 Å². The molecule has 0 unspecified atom stereocenters. The molecule has 3 nitrogen and oxygen atoms in total. The maximum absolute atomic E-state index is 12.7. The Kier molecular flexibility index (Phi) is 4.35. The van der Waals surface area contributed by atoms with Crippen LogP contribution in [0.1, 0.15) is 10.4 Å². The van der Waals surface area contributed by atoms with Crippen molar-refractivity contribution in [1.82, 2.24) is 0 Å². The molecule has 3 heteroatoms. The van der Waals surface area contributed by atoms with Gasteiger partial charge < -0.3 is 10.1 Å². The number of rotatable bonds is 4. The van der Waals surface area contributed by atoms with Crippen LogP contribution in [0.5, 0.6) is 11.5 Å². The van der Waals surface area contributed by atoms with Gasteiger partial charge in [-0.2, -0.15) is 0 Å². The fraction of sp³-hybridized carbons (Fsp3) is 0. The molecule has 126 valence electrons. The van der Waals surface area contributed by atoms with Crippen molar-refractivity contribution in [3.05, 3.63) is 103 Å². The number of nitrogens with one attached hydrogen (secondary N) is 1. The van der Waals surface area contributed by atoms with Gasteiger partial charge in [-0.05, 0) is 41.8 Å². The Labute approximate surface area is 151 Å². The maximum Gasteiger partial charge on any atom is 0.255 e. The van der Waals surface area contributed by atoms with Gasteiger partial charge in [-0.3, -0.25) is 4.79 Å². The van der Waals surface area contributed by atoms with Crippen LogP contribution in [0.15, 0.2) is 97.1 Å². The van der Waals surface area contributed by atoms with Crippen molar-refractivity contribution in [1.29, 1.82) is 0 Å². The number of para-hydroxylation sites is 1. The van der Waals surface area contributed by atoms with Gasteiger partial charge in [0.2, 0.25) is 0 Å². The highest BCUT2D eigenvalue weighted by molar-refractivity contribution is 6.09. The number of ether oxygens (including phenoxy) is 1. The summed E-state index contributed by atoms with van der Waals surface area (Å²) in [7, 11) is 0. The Morgan fingerprint density at radius 2 is 1.38 bits per heavy atom. The third-order valence-electron chi connectivity index (χ3n) is 4.11. The molecule has 1 amide bonds. The molecule has 4 aromatic carbocycles. The normalized spacial score (nSPS) is 10.5. The summed E-state index contributed by atoms with van der Waals surface area (Å²) < 4.78 is 5.81. The first-order valence-corrected chi connectivity index (χ1v) is 8.42. The summed E-state index contributed by atoms with van der Waals surface area (Å²) in [6.07, 6.45) is 0. The summed E-state index contributed by atoms with van der Waals surface area (Å²) in [5.41, 5.74) is 1.34. The number of anilines is 1. The number of hydrogen-bond acceptors (Lipinski definition) is 2. The molecular formula is C23H17NO2. The minimum absolute atomic E-state index is 0.167. The first kappa shape index (κ1) is 15.9. The van der Waals surface area contributed by atoms with E-state index in [1.807, 2.05) is 84.9 Å². The van der Waals surface area contributed by atoms with Gasteiger partial charge in [0.1, 0.15) is 11.5 Å². The molecule has 1 N–H and O–H groups in total. The standard InChI is InChI=1S/C23H17NO2/c25-23(24-22-15-7-9-17-8-4-5-14-21(17)22)18-10-6-13-20(16-18)26-19-11-2-1-3-12-19/h1-16H,(H,24,25). The van der Waals surface area contributed by atoms with Crippen LogP contribution >= 0.6 is 0 Å². The minimum Gasteiger partial charge on any atom is -0.457 e. The van der Waals surface area contributed by atoms with Crippen molar-refractivity contribution < 1.29 is 9.53 Å². The number of hydrogen-bond donors (Lipinski definition) is 1. The number of carbonyl (C=O) groups excluding carboxylic acids is 1. The van der Waals surface area contributed by atoms with Gasteiger partial charge in [0.05, 0.1) is 0 Å². The second-order valence-corrected chi connectivity index (χ2v) is 5.92. The van der Waals surface area contributed by atoms with Crippen molar-refractivity contribution in [3.63, 3.8) is 0 Å². The molecule has 0 heterocycles. The Bertz CT molecular complexity index is 1050. The topological polar surface area (TPSA) is 38.3 Å². The van der Waals surface area contributed by atoms with Gasteiger partial charge in [-0.15, -0.1) is 0 Å². The molecule has 0 aliphatic heterocycles. The van der Waals surface area contributed by atoms with Crippen LogP contribution in [0.4, 0.5) is 5.69 Å². The van der Waals surface area contributed by atoms with Gasteiger partial charge in [0, 0.05) is 16.6 Å². The third kappa shape index (κ3) is 3.42. The van der Waals surface area contributed by atoms with E-state index >= 15 is 0 Å². The summed E-state index contributed by atoms with van der Waals surface area (Å²) in [4.78, 5) is 12.7. The molecule has 0 saturated heterocycles. The number of fused-ring (bicyclic) bond motifs is 1. The van der Waals surface area contributed by atoms with Crippen LogP contribution in [-0.4, -0.2) is 5.91 Å². The smallest absolute Gasteiger partial charge is 0.255 e. The zero-order valence-electron chi connectivity index (χ0n) is 14.1. The Hall–Kier alpha value is -3.59. The highest BCUT2D eigenvalue weighted by Gasteiger charge is 2.09. The van der Waals surface area contributed by atoms with Crippen molar-refractivity contribution in [2.75, 3.05) is 5.32 Å². The van der Waals surface area contributed by atoms with Crippen LogP contribution in [0.3, 0.4) is 0 Å². The van der Waals surface area contributed by atoms with Crippen LogP contribution < -0.4 is 10.1 Å². The average Bonchev–Trinajstić information content (AvgIpc) is 2.69. The lowest BCUT2D eigenvalue weighted by atomic mass is 10.1. The molecule has 0 bridgehead atoms. The van der Waals surface area contributed by atoms with Gasteiger partial charge in [-0.25, -0.2) is 0 Å². The third-order valence-corrected chi connectivity index (χ3v) is 4.11. The Morgan fingerprint density at radius 1 is 0.692 bits per heavy atom. The molecule has 0 aliphatic rings. The molecule has 0 saturated carbocycles. The lowest BCUT2D eigenvalue weighted by molar-refractivity contribution is 0.102. The van der Waals surface area contributed by atoms with Crippen LogP contribution in [0, 0.1) is 0 Å². The van der Waals surface area contributed by atoms with Crippen LogP contribution in [0.25, 0.3) is 10.8 Å². The monoisotopic (exact) mass is 339 g/mol. The molecule has 0 fully saturated rings. The molecular weight excluding hydrogens is 322 g/mol. The number of carbonyl (C=O) groups is 1. The second kappa shape index (κ2) is 7.11. The molecule has 4 aromatic rings. The fourth-order valence-electron chi connectivity index (χ4n) is 2.85.